The summed E-state index contributed by atoms with van der Waals surface area (Å²) in [6.07, 6.45) is 3.68. The predicted molar refractivity (Wildman–Crippen MR) is 93.1 cm³/mol. The van der Waals surface area contributed by atoms with Gasteiger partial charge in [0.25, 0.3) is 0 Å². The van der Waals surface area contributed by atoms with Crippen LogP contribution in [0.3, 0.4) is 0 Å². The van der Waals surface area contributed by atoms with E-state index in [1.54, 1.807) is 7.11 Å². The number of fused-ring (bicyclic) bond motifs is 1. The van der Waals surface area contributed by atoms with Gasteiger partial charge in [0.2, 0.25) is 0 Å². The van der Waals surface area contributed by atoms with Crippen molar-refractivity contribution in [3.8, 4) is 0 Å². The highest BCUT2D eigenvalue weighted by Gasteiger charge is 2.20. The molecule has 0 spiro atoms. The summed E-state index contributed by atoms with van der Waals surface area (Å²) in [6.45, 7) is 3.61. The smallest absolute Gasteiger partial charge is 0.189 e. The lowest BCUT2D eigenvalue weighted by atomic mass is 9.86. The molecule has 0 N–H and O–H groups in total. The number of rotatable bonds is 3. The average molecular weight is 302 g/mol. The van der Waals surface area contributed by atoms with Crippen LogP contribution in [-0.4, -0.2) is 12.9 Å². The van der Waals surface area contributed by atoms with Crippen LogP contribution in [0.15, 0.2) is 66.4 Å². The normalized spacial score (nSPS) is 15.0. The number of ketones is 1. The second-order valence-corrected chi connectivity index (χ2v) is 5.49. The Morgan fingerprint density at radius 2 is 1.87 bits per heavy atom. The van der Waals surface area contributed by atoms with Crippen LogP contribution >= 0.6 is 0 Å². The summed E-state index contributed by atoms with van der Waals surface area (Å²) in [7, 11) is 1.60. The van der Waals surface area contributed by atoms with Gasteiger partial charge in [-0.2, -0.15) is 0 Å². The number of aryl methyl sites for hydroxylation is 1. The van der Waals surface area contributed by atoms with Crippen molar-refractivity contribution in [2.75, 3.05) is 7.11 Å². The first-order valence-corrected chi connectivity index (χ1v) is 7.60. The van der Waals surface area contributed by atoms with Crippen molar-refractivity contribution in [1.82, 2.24) is 0 Å². The molecule has 0 saturated carbocycles. The molecule has 114 valence electrons. The number of carbonyl (C=O) groups excluding carboxylic acids is 1. The third kappa shape index (κ3) is 3.03. The molecule has 2 heteroatoms. The maximum Gasteiger partial charge on any atom is 0.189 e. The van der Waals surface area contributed by atoms with E-state index in [9.17, 15) is 4.79 Å². The molecule has 0 aliphatic heterocycles. The highest BCUT2D eigenvalue weighted by Crippen LogP contribution is 2.26. The lowest BCUT2D eigenvalue weighted by Gasteiger charge is -2.17. The summed E-state index contributed by atoms with van der Waals surface area (Å²) in [6, 6.07) is 15.7. The zero-order chi connectivity index (χ0) is 16.2. The first-order valence-electron chi connectivity index (χ1n) is 7.60. The van der Waals surface area contributed by atoms with Crippen LogP contribution < -0.4 is 0 Å². The Kier molecular flexibility index (Phi) is 4.27. The highest BCUT2D eigenvalue weighted by molar-refractivity contribution is 6.13. The van der Waals surface area contributed by atoms with Gasteiger partial charge in [-0.1, -0.05) is 48.7 Å². The molecule has 23 heavy (non-hydrogen) atoms. The van der Waals surface area contributed by atoms with Crippen LogP contribution in [-0.2, 0) is 11.2 Å². The molecule has 2 aromatic carbocycles. The van der Waals surface area contributed by atoms with Crippen LogP contribution in [0.4, 0.5) is 0 Å². The van der Waals surface area contributed by atoms with E-state index in [2.05, 4.69) is 12.3 Å². The largest absolute Gasteiger partial charge is 0.489 e. The zero-order valence-corrected chi connectivity index (χ0v) is 13.1. The standard InChI is InChI=1S/C21H18O2/c1-3-20(23-2)17-10-8-15(9-11-17)14-18-13-12-16-6-4-5-7-19(16)21(18)22/h4-11,14H,1,12-13H2,2H3/b18-14+. The van der Waals surface area contributed by atoms with Gasteiger partial charge in [0.15, 0.2) is 11.5 Å². The van der Waals surface area contributed by atoms with Gasteiger partial charge in [-0.05, 0) is 42.2 Å². The number of hydrogen-bond donors (Lipinski definition) is 0. The molecular formula is C21H18O2. The number of methoxy groups -OCH3 is 1. The third-order valence-corrected chi connectivity index (χ3v) is 4.10. The first-order chi connectivity index (χ1) is 11.2. The van der Waals surface area contributed by atoms with E-state index in [0.29, 0.717) is 5.76 Å². The number of Topliss-reactive ketones (excluding diaryl/α,β-unsaturated/α-hetero) is 1. The maximum absolute atomic E-state index is 12.6. The van der Waals surface area contributed by atoms with Gasteiger partial charge in [-0.25, -0.2) is 0 Å². The topological polar surface area (TPSA) is 26.3 Å². The maximum atomic E-state index is 12.6. The summed E-state index contributed by atoms with van der Waals surface area (Å²) >= 11 is 0. The first kappa shape index (κ1) is 15.1. The Balaban J connectivity index is 1.88. The Bertz CT molecular complexity index is 819. The lowest BCUT2D eigenvalue weighted by molar-refractivity contribution is 0.102. The van der Waals surface area contributed by atoms with Crippen LogP contribution in [0.2, 0.25) is 0 Å². The molecule has 1 aliphatic carbocycles. The summed E-state index contributed by atoms with van der Waals surface area (Å²) in [4.78, 5) is 12.6. The highest BCUT2D eigenvalue weighted by atomic mass is 16.5. The van der Waals surface area contributed by atoms with Crippen LogP contribution in [0.1, 0.15) is 33.5 Å². The lowest BCUT2D eigenvalue weighted by Crippen LogP contribution is -2.13. The Hall–Kier alpha value is -2.83. The predicted octanol–water partition coefficient (Wildman–Crippen LogP) is 4.67. The summed E-state index contributed by atoms with van der Waals surface area (Å²) in [5.41, 5.74) is 7.53. The molecule has 3 rings (SSSR count). The molecular weight excluding hydrogens is 284 g/mol. The molecule has 0 aromatic heterocycles. The fourth-order valence-electron chi connectivity index (χ4n) is 2.88. The van der Waals surface area contributed by atoms with E-state index >= 15 is 0 Å². The van der Waals surface area contributed by atoms with Gasteiger partial charge >= 0.3 is 0 Å². The van der Waals surface area contributed by atoms with E-state index in [4.69, 9.17) is 4.74 Å². The fraction of sp³-hybridized carbons (Fsp3) is 0.143. The van der Waals surface area contributed by atoms with E-state index in [-0.39, 0.29) is 5.78 Å². The monoisotopic (exact) mass is 302 g/mol. The molecule has 0 heterocycles. The minimum absolute atomic E-state index is 0.138. The van der Waals surface area contributed by atoms with Gasteiger partial charge < -0.3 is 4.74 Å². The summed E-state index contributed by atoms with van der Waals surface area (Å²) in [5, 5.41) is 0. The summed E-state index contributed by atoms with van der Waals surface area (Å²) < 4.78 is 5.20. The Labute approximate surface area is 136 Å². The third-order valence-electron chi connectivity index (χ3n) is 4.10. The van der Waals surface area contributed by atoms with E-state index in [0.717, 1.165) is 40.7 Å². The molecule has 0 saturated heterocycles. The van der Waals surface area contributed by atoms with Crippen LogP contribution in [0.5, 0.6) is 0 Å². The van der Waals surface area contributed by atoms with E-state index in [1.165, 1.54) is 0 Å². The Morgan fingerprint density at radius 1 is 1.13 bits per heavy atom. The zero-order valence-electron chi connectivity index (χ0n) is 13.1. The van der Waals surface area contributed by atoms with Crippen molar-refractivity contribution in [2.24, 2.45) is 0 Å². The molecule has 2 aromatic rings. The second-order valence-electron chi connectivity index (χ2n) is 5.49. The quantitative estimate of drug-likeness (QED) is 0.468. The van der Waals surface area contributed by atoms with Crippen molar-refractivity contribution in [2.45, 2.75) is 12.8 Å². The molecule has 1 aliphatic rings. The van der Waals surface area contributed by atoms with E-state index < -0.39 is 0 Å². The number of hydrogen-bond acceptors (Lipinski definition) is 2. The van der Waals surface area contributed by atoms with Gasteiger partial charge in [0, 0.05) is 16.7 Å². The molecule has 0 amide bonds. The molecule has 2 nitrogen and oxygen atoms in total. The van der Waals surface area contributed by atoms with Crippen molar-refractivity contribution < 1.29 is 9.53 Å². The van der Waals surface area contributed by atoms with Crippen molar-refractivity contribution in [3.05, 3.63) is 88.7 Å². The number of allylic oxidation sites excluding steroid dienone is 1. The van der Waals surface area contributed by atoms with Gasteiger partial charge in [0.1, 0.15) is 0 Å². The number of benzene rings is 2. The van der Waals surface area contributed by atoms with Crippen molar-refractivity contribution in [1.29, 1.82) is 0 Å². The Morgan fingerprint density at radius 3 is 2.57 bits per heavy atom. The SMILES string of the molecule is C=C=C(OC)c1ccc(/C=C2\CCc3ccccc3C2=O)cc1. The summed E-state index contributed by atoms with van der Waals surface area (Å²) in [5.74, 6) is 0.756. The molecule has 0 unspecified atom stereocenters. The second kappa shape index (κ2) is 6.51. The van der Waals surface area contributed by atoms with Crippen LogP contribution in [0.25, 0.3) is 11.8 Å². The molecule has 0 radical (unpaired) electrons. The van der Waals surface area contributed by atoms with Crippen molar-refractivity contribution in [3.63, 3.8) is 0 Å². The van der Waals surface area contributed by atoms with Gasteiger partial charge in [-0.15, -0.1) is 0 Å². The molecule has 0 bridgehead atoms. The van der Waals surface area contributed by atoms with Crippen molar-refractivity contribution >= 4 is 17.6 Å². The fourth-order valence-corrected chi connectivity index (χ4v) is 2.88. The van der Waals surface area contributed by atoms with Crippen LogP contribution in [0, 0.1) is 0 Å². The minimum atomic E-state index is 0.138. The minimum Gasteiger partial charge on any atom is -0.489 e. The van der Waals surface area contributed by atoms with Gasteiger partial charge in [-0.3, -0.25) is 4.79 Å². The van der Waals surface area contributed by atoms with E-state index in [1.807, 2.05) is 54.6 Å². The number of carbonyl (C=O) groups is 1. The van der Waals surface area contributed by atoms with Gasteiger partial charge in [0.05, 0.1) is 7.11 Å². The molecule has 0 atom stereocenters. The molecule has 0 fully saturated rings. The average Bonchev–Trinajstić information content (AvgIpc) is 2.60. The number of ether oxygens (including phenoxy) is 1.